The molecule has 0 radical (unpaired) electrons. The molecular formula is C13H22N4O. The summed E-state index contributed by atoms with van der Waals surface area (Å²) in [7, 11) is 0. The lowest BCUT2D eigenvalue weighted by Crippen LogP contribution is -2.44. The smallest absolute Gasteiger partial charge is 0.252 e. The number of carbonyl (C=O) groups is 1. The number of hydrogen-bond donors (Lipinski definition) is 2. The first kappa shape index (κ1) is 13.1. The van der Waals surface area contributed by atoms with Gasteiger partial charge >= 0.3 is 0 Å². The highest BCUT2D eigenvalue weighted by atomic mass is 16.2. The van der Waals surface area contributed by atoms with Crippen LogP contribution in [-0.4, -0.2) is 41.2 Å². The number of likely N-dealkylation sites (tertiary alicyclic amines) is 1. The summed E-state index contributed by atoms with van der Waals surface area (Å²) in [4.78, 5) is 14.1. The summed E-state index contributed by atoms with van der Waals surface area (Å²) >= 11 is 0. The van der Waals surface area contributed by atoms with E-state index in [1.54, 1.807) is 0 Å². The Labute approximate surface area is 108 Å². The lowest BCUT2D eigenvalue weighted by atomic mass is 10.1. The number of carbonyl (C=O) groups excluding carboxylic acids is 1. The van der Waals surface area contributed by atoms with Crippen molar-refractivity contribution in [2.45, 2.75) is 32.7 Å². The van der Waals surface area contributed by atoms with Crippen molar-refractivity contribution in [1.82, 2.24) is 9.58 Å². The molecular weight excluding hydrogens is 228 g/mol. The minimum absolute atomic E-state index is 0.0351. The minimum atomic E-state index is 0.0351. The Kier molecular flexibility index (Phi) is 4.04. The highest BCUT2D eigenvalue weighted by molar-refractivity contribution is 5.85. The van der Waals surface area contributed by atoms with Crippen LogP contribution in [-0.2, 0) is 4.79 Å². The molecule has 2 heterocycles. The van der Waals surface area contributed by atoms with Gasteiger partial charge in [-0.15, -0.1) is 0 Å². The maximum Gasteiger partial charge on any atom is 0.252 e. The molecule has 0 atom stereocenters. The van der Waals surface area contributed by atoms with Crippen molar-refractivity contribution in [3.63, 3.8) is 0 Å². The van der Waals surface area contributed by atoms with Gasteiger partial charge in [-0.1, -0.05) is 0 Å². The second kappa shape index (κ2) is 5.54. The molecule has 0 saturated carbocycles. The Morgan fingerprint density at radius 3 is 2.44 bits per heavy atom. The molecule has 100 valence electrons. The molecule has 18 heavy (non-hydrogen) atoms. The fourth-order valence-corrected chi connectivity index (χ4v) is 2.32. The summed E-state index contributed by atoms with van der Waals surface area (Å²) in [5, 5.41) is 0. The van der Waals surface area contributed by atoms with Crippen LogP contribution >= 0.6 is 0 Å². The second-order valence-corrected chi connectivity index (χ2v) is 5.10. The van der Waals surface area contributed by atoms with Crippen LogP contribution < -0.4 is 11.2 Å². The first-order valence-electron chi connectivity index (χ1n) is 6.49. The number of nitrogens with one attached hydrogen (secondary N) is 1. The highest BCUT2D eigenvalue weighted by Crippen LogP contribution is 2.08. The van der Waals surface area contributed by atoms with E-state index in [9.17, 15) is 4.79 Å². The van der Waals surface area contributed by atoms with Crippen molar-refractivity contribution < 1.29 is 4.79 Å². The molecule has 1 saturated heterocycles. The van der Waals surface area contributed by atoms with E-state index in [0.29, 0.717) is 12.6 Å². The molecule has 1 aromatic rings. The first-order valence-corrected chi connectivity index (χ1v) is 6.49. The van der Waals surface area contributed by atoms with Gasteiger partial charge in [0.2, 0.25) is 0 Å². The SMILES string of the molecule is Cc1ccc(C)n1NC(=O)CN1CCC(N)CC1. The molecule has 0 spiro atoms. The number of nitrogens with zero attached hydrogens (tertiary/aromatic N) is 2. The van der Waals surface area contributed by atoms with Gasteiger partial charge in [0, 0.05) is 30.5 Å². The van der Waals surface area contributed by atoms with E-state index in [2.05, 4.69) is 10.3 Å². The normalized spacial score (nSPS) is 17.9. The number of amides is 1. The summed E-state index contributed by atoms with van der Waals surface area (Å²) < 4.78 is 1.83. The molecule has 0 bridgehead atoms. The molecule has 1 aliphatic rings. The maximum atomic E-state index is 12.0. The summed E-state index contributed by atoms with van der Waals surface area (Å²) in [6.07, 6.45) is 1.96. The van der Waals surface area contributed by atoms with Crippen LogP contribution in [0.3, 0.4) is 0 Å². The quantitative estimate of drug-likeness (QED) is 0.825. The Hall–Kier alpha value is -1.33. The lowest BCUT2D eigenvalue weighted by molar-refractivity contribution is -0.118. The van der Waals surface area contributed by atoms with Crippen molar-refractivity contribution in [2.24, 2.45) is 5.73 Å². The predicted octanol–water partition coefficient (Wildman–Crippen LogP) is 0.598. The van der Waals surface area contributed by atoms with Gasteiger partial charge in [0.1, 0.15) is 0 Å². The second-order valence-electron chi connectivity index (χ2n) is 5.10. The summed E-state index contributed by atoms with van der Waals surface area (Å²) in [5.41, 5.74) is 10.9. The van der Waals surface area contributed by atoms with Gasteiger partial charge < -0.3 is 5.73 Å². The fourth-order valence-electron chi connectivity index (χ4n) is 2.32. The van der Waals surface area contributed by atoms with E-state index in [1.165, 1.54) is 0 Å². The number of nitrogens with two attached hydrogens (primary N) is 1. The Morgan fingerprint density at radius 2 is 1.89 bits per heavy atom. The van der Waals surface area contributed by atoms with Crippen LogP contribution in [0.2, 0.25) is 0 Å². The molecule has 5 heteroatoms. The van der Waals surface area contributed by atoms with Gasteiger partial charge in [-0.05, 0) is 38.8 Å². The largest absolute Gasteiger partial charge is 0.328 e. The molecule has 2 rings (SSSR count). The highest BCUT2D eigenvalue weighted by Gasteiger charge is 2.18. The van der Waals surface area contributed by atoms with Crippen molar-refractivity contribution >= 4 is 5.91 Å². The standard InChI is InChI=1S/C13H22N4O/c1-10-3-4-11(2)17(10)15-13(18)9-16-7-5-12(14)6-8-16/h3-4,12H,5-9,14H2,1-2H3,(H,15,18). The number of rotatable bonds is 3. The Bertz CT molecular complexity index is 399. The van der Waals surface area contributed by atoms with Gasteiger partial charge in [0.15, 0.2) is 0 Å². The van der Waals surface area contributed by atoms with Crippen LogP contribution in [0, 0.1) is 13.8 Å². The van der Waals surface area contributed by atoms with E-state index >= 15 is 0 Å². The molecule has 1 aromatic heterocycles. The predicted molar refractivity (Wildman–Crippen MR) is 71.9 cm³/mol. The van der Waals surface area contributed by atoms with E-state index in [0.717, 1.165) is 37.3 Å². The molecule has 1 amide bonds. The summed E-state index contributed by atoms with van der Waals surface area (Å²) in [6.45, 7) is 6.24. The minimum Gasteiger partial charge on any atom is -0.328 e. The number of hydrogen-bond acceptors (Lipinski definition) is 3. The number of aryl methyl sites for hydroxylation is 2. The Morgan fingerprint density at radius 1 is 1.33 bits per heavy atom. The fraction of sp³-hybridized carbons (Fsp3) is 0.615. The van der Waals surface area contributed by atoms with Gasteiger partial charge in [-0.3, -0.25) is 19.8 Å². The van der Waals surface area contributed by atoms with Crippen LogP contribution in [0.25, 0.3) is 0 Å². The lowest BCUT2D eigenvalue weighted by Gasteiger charge is -2.29. The van der Waals surface area contributed by atoms with Crippen molar-refractivity contribution in [1.29, 1.82) is 0 Å². The van der Waals surface area contributed by atoms with Crippen molar-refractivity contribution in [3.05, 3.63) is 23.5 Å². The molecule has 3 N–H and O–H groups in total. The van der Waals surface area contributed by atoms with E-state index < -0.39 is 0 Å². The summed E-state index contributed by atoms with van der Waals surface area (Å²) in [5.74, 6) is 0.0351. The van der Waals surface area contributed by atoms with Gasteiger partial charge in [0.25, 0.3) is 5.91 Å². The zero-order valence-electron chi connectivity index (χ0n) is 11.1. The molecule has 1 fully saturated rings. The third kappa shape index (κ3) is 3.11. The van der Waals surface area contributed by atoms with Gasteiger partial charge in [0.05, 0.1) is 6.54 Å². The average molecular weight is 250 g/mol. The van der Waals surface area contributed by atoms with Crippen LogP contribution in [0.15, 0.2) is 12.1 Å². The first-order chi connectivity index (χ1) is 8.56. The molecule has 1 aliphatic heterocycles. The molecule has 0 aliphatic carbocycles. The third-order valence-corrected chi connectivity index (χ3v) is 3.51. The molecule has 5 nitrogen and oxygen atoms in total. The van der Waals surface area contributed by atoms with E-state index in [-0.39, 0.29) is 5.91 Å². The van der Waals surface area contributed by atoms with Crippen LogP contribution in [0.1, 0.15) is 24.2 Å². The number of piperidine rings is 1. The van der Waals surface area contributed by atoms with Crippen molar-refractivity contribution in [2.75, 3.05) is 25.1 Å². The van der Waals surface area contributed by atoms with Crippen molar-refractivity contribution in [3.8, 4) is 0 Å². The zero-order chi connectivity index (χ0) is 13.1. The van der Waals surface area contributed by atoms with Crippen LogP contribution in [0.4, 0.5) is 0 Å². The third-order valence-electron chi connectivity index (χ3n) is 3.51. The summed E-state index contributed by atoms with van der Waals surface area (Å²) in [6, 6.07) is 4.30. The maximum absolute atomic E-state index is 12.0. The topological polar surface area (TPSA) is 63.3 Å². The van der Waals surface area contributed by atoms with Gasteiger partial charge in [-0.2, -0.15) is 0 Å². The van der Waals surface area contributed by atoms with Gasteiger partial charge in [-0.25, -0.2) is 0 Å². The molecule has 0 unspecified atom stereocenters. The van der Waals surface area contributed by atoms with E-state index in [4.69, 9.17) is 5.73 Å². The Balaban J connectivity index is 1.86. The molecule has 0 aromatic carbocycles. The van der Waals surface area contributed by atoms with E-state index in [1.807, 2.05) is 30.7 Å². The average Bonchev–Trinajstić information content (AvgIpc) is 2.64. The number of aromatic nitrogens is 1. The monoisotopic (exact) mass is 250 g/mol. The zero-order valence-corrected chi connectivity index (χ0v) is 11.1. The van der Waals surface area contributed by atoms with Crippen LogP contribution in [0.5, 0.6) is 0 Å².